The average Bonchev–Trinajstić information content (AvgIpc) is 2.30. The first kappa shape index (κ1) is 15.1. The topological polar surface area (TPSA) is 83.6 Å². The van der Waals surface area contributed by atoms with Crippen LogP contribution in [0.15, 0.2) is 17.0 Å². The minimum atomic E-state index is -4.22. The molecule has 0 aliphatic heterocycles. The third-order valence-electron chi connectivity index (χ3n) is 3.41. The molecule has 0 atom stereocenters. The smallest absolute Gasteiger partial charge is 0.246 e. The maximum atomic E-state index is 13.8. The van der Waals surface area contributed by atoms with Crippen LogP contribution < -0.4 is 5.73 Å². The second-order valence-corrected chi connectivity index (χ2v) is 6.60. The summed E-state index contributed by atoms with van der Waals surface area (Å²) < 4.78 is 53.0. The molecule has 0 spiro atoms. The van der Waals surface area contributed by atoms with E-state index >= 15 is 0 Å². The summed E-state index contributed by atoms with van der Waals surface area (Å²) in [4.78, 5) is -0.782. The summed E-state index contributed by atoms with van der Waals surface area (Å²) in [5.41, 5.74) is 5.22. The summed E-state index contributed by atoms with van der Waals surface area (Å²) in [6, 6.07) is 1.35. The summed E-state index contributed by atoms with van der Waals surface area (Å²) >= 11 is 0. The highest BCUT2D eigenvalue weighted by Gasteiger charge is 2.36. The van der Waals surface area contributed by atoms with Gasteiger partial charge in [-0.2, -0.15) is 4.31 Å². The van der Waals surface area contributed by atoms with Crippen LogP contribution in [0.4, 0.5) is 14.5 Å². The lowest BCUT2D eigenvalue weighted by Gasteiger charge is -2.36. The number of nitrogens with zero attached hydrogens (tertiary/aromatic N) is 1. The molecule has 1 aliphatic rings. The molecule has 1 aliphatic carbocycles. The Labute approximate surface area is 116 Å². The van der Waals surface area contributed by atoms with Crippen molar-refractivity contribution < 1.29 is 22.3 Å². The number of hydrogen-bond donors (Lipinski definition) is 2. The molecule has 0 radical (unpaired) electrons. The summed E-state index contributed by atoms with van der Waals surface area (Å²) in [5, 5.41) is 9.00. The van der Waals surface area contributed by atoms with Crippen molar-refractivity contribution in [2.45, 2.75) is 30.2 Å². The third-order valence-corrected chi connectivity index (χ3v) is 5.36. The Bertz CT molecular complexity index is 603. The summed E-state index contributed by atoms with van der Waals surface area (Å²) in [5.74, 6) is -2.75. The largest absolute Gasteiger partial charge is 0.399 e. The first-order chi connectivity index (χ1) is 9.37. The van der Waals surface area contributed by atoms with Gasteiger partial charge in [0.2, 0.25) is 10.0 Å². The fraction of sp³-hybridized carbons (Fsp3) is 0.500. The Morgan fingerprint density at radius 1 is 1.35 bits per heavy atom. The molecule has 2 rings (SSSR count). The van der Waals surface area contributed by atoms with Crippen molar-refractivity contribution in [2.75, 3.05) is 18.9 Å². The van der Waals surface area contributed by atoms with Crippen molar-refractivity contribution in [3.8, 4) is 0 Å². The summed E-state index contributed by atoms with van der Waals surface area (Å²) in [6.07, 6.45) is 2.16. The predicted molar refractivity (Wildman–Crippen MR) is 69.4 cm³/mol. The molecule has 0 heterocycles. The number of rotatable bonds is 5. The molecular weight excluding hydrogens is 290 g/mol. The van der Waals surface area contributed by atoms with E-state index in [9.17, 15) is 17.2 Å². The Morgan fingerprint density at radius 3 is 2.50 bits per heavy atom. The molecule has 1 aromatic rings. The van der Waals surface area contributed by atoms with Gasteiger partial charge in [0.1, 0.15) is 4.90 Å². The second-order valence-electron chi connectivity index (χ2n) is 4.74. The number of hydrogen-bond acceptors (Lipinski definition) is 4. The zero-order valence-electron chi connectivity index (χ0n) is 10.7. The standard InChI is InChI=1S/C12H16F2N2O3S/c13-10-6-8(15)7-11(12(10)14)20(18,19)16(4-5-17)9-2-1-3-9/h6-7,9,17H,1-5,15H2. The monoisotopic (exact) mass is 306 g/mol. The van der Waals surface area contributed by atoms with Gasteiger partial charge in [-0.05, 0) is 25.0 Å². The molecule has 0 unspecified atom stereocenters. The van der Waals surface area contributed by atoms with Crippen LogP contribution in [0.2, 0.25) is 0 Å². The molecule has 3 N–H and O–H groups in total. The van der Waals surface area contributed by atoms with Crippen LogP contribution in [-0.4, -0.2) is 37.0 Å². The van der Waals surface area contributed by atoms with E-state index in [1.807, 2.05) is 0 Å². The van der Waals surface area contributed by atoms with Crippen LogP contribution in [0.3, 0.4) is 0 Å². The Balaban J connectivity index is 2.47. The molecule has 1 saturated carbocycles. The zero-order valence-corrected chi connectivity index (χ0v) is 11.5. The van der Waals surface area contributed by atoms with E-state index in [1.165, 1.54) is 0 Å². The molecule has 112 valence electrons. The first-order valence-electron chi connectivity index (χ1n) is 6.25. The average molecular weight is 306 g/mol. The molecule has 1 fully saturated rings. The quantitative estimate of drug-likeness (QED) is 0.797. The van der Waals surface area contributed by atoms with Gasteiger partial charge in [0, 0.05) is 18.3 Å². The van der Waals surface area contributed by atoms with Gasteiger partial charge in [-0.3, -0.25) is 0 Å². The maximum absolute atomic E-state index is 13.8. The number of halogens is 2. The number of aliphatic hydroxyl groups excluding tert-OH is 1. The lowest BCUT2D eigenvalue weighted by atomic mass is 9.93. The number of nitrogens with two attached hydrogens (primary N) is 1. The van der Waals surface area contributed by atoms with Gasteiger partial charge in [0.15, 0.2) is 11.6 Å². The minimum Gasteiger partial charge on any atom is -0.399 e. The second kappa shape index (κ2) is 5.63. The van der Waals surface area contributed by atoms with Crippen LogP contribution in [0.5, 0.6) is 0 Å². The zero-order chi connectivity index (χ0) is 14.9. The molecule has 0 aromatic heterocycles. The number of anilines is 1. The fourth-order valence-corrected chi connectivity index (χ4v) is 3.96. The third kappa shape index (κ3) is 2.63. The van der Waals surface area contributed by atoms with Gasteiger partial charge in [-0.15, -0.1) is 0 Å². The highest BCUT2D eigenvalue weighted by atomic mass is 32.2. The Morgan fingerprint density at radius 2 is 2.00 bits per heavy atom. The highest BCUT2D eigenvalue weighted by molar-refractivity contribution is 7.89. The fourth-order valence-electron chi connectivity index (χ4n) is 2.17. The molecule has 0 saturated heterocycles. The number of benzene rings is 1. The SMILES string of the molecule is Nc1cc(F)c(F)c(S(=O)(=O)N(CCO)C2CCC2)c1. The van der Waals surface area contributed by atoms with E-state index in [0.29, 0.717) is 12.8 Å². The van der Waals surface area contributed by atoms with Crippen molar-refractivity contribution in [1.29, 1.82) is 0 Å². The Hall–Kier alpha value is -1.25. The lowest BCUT2D eigenvalue weighted by molar-refractivity contribution is 0.177. The van der Waals surface area contributed by atoms with E-state index < -0.39 is 26.6 Å². The van der Waals surface area contributed by atoms with Crippen molar-refractivity contribution in [2.24, 2.45) is 0 Å². The molecule has 0 amide bonds. The van der Waals surface area contributed by atoms with E-state index in [4.69, 9.17) is 10.8 Å². The first-order valence-corrected chi connectivity index (χ1v) is 7.69. The van der Waals surface area contributed by atoms with Crippen molar-refractivity contribution in [3.63, 3.8) is 0 Å². The van der Waals surface area contributed by atoms with Gasteiger partial charge in [0.25, 0.3) is 0 Å². The van der Waals surface area contributed by atoms with Gasteiger partial charge in [-0.1, -0.05) is 6.42 Å². The van der Waals surface area contributed by atoms with E-state index in [2.05, 4.69) is 0 Å². The molecular formula is C12H16F2N2O3S. The van der Waals surface area contributed by atoms with E-state index in [1.54, 1.807) is 0 Å². The highest BCUT2D eigenvalue weighted by Crippen LogP contribution is 2.31. The van der Waals surface area contributed by atoms with Crippen LogP contribution >= 0.6 is 0 Å². The van der Waals surface area contributed by atoms with Crippen LogP contribution in [-0.2, 0) is 10.0 Å². The predicted octanol–water partition coefficient (Wildman–Crippen LogP) is 1.08. The van der Waals surface area contributed by atoms with Gasteiger partial charge in [0.05, 0.1) is 6.61 Å². The van der Waals surface area contributed by atoms with Crippen LogP contribution in [0.1, 0.15) is 19.3 Å². The number of aliphatic hydroxyl groups is 1. The number of sulfonamides is 1. The Kier molecular flexibility index (Phi) is 4.26. The molecule has 0 bridgehead atoms. The summed E-state index contributed by atoms with van der Waals surface area (Å²) in [6.45, 7) is -0.537. The van der Waals surface area contributed by atoms with Gasteiger partial charge >= 0.3 is 0 Å². The van der Waals surface area contributed by atoms with Crippen LogP contribution in [0.25, 0.3) is 0 Å². The number of nitrogen functional groups attached to an aromatic ring is 1. The molecule has 5 nitrogen and oxygen atoms in total. The molecule has 8 heteroatoms. The molecule has 20 heavy (non-hydrogen) atoms. The van der Waals surface area contributed by atoms with Gasteiger partial charge in [-0.25, -0.2) is 17.2 Å². The normalized spacial score (nSPS) is 16.4. The lowest BCUT2D eigenvalue weighted by Crippen LogP contribution is -2.45. The van der Waals surface area contributed by atoms with Crippen LogP contribution in [0, 0.1) is 11.6 Å². The van der Waals surface area contributed by atoms with Crippen molar-refractivity contribution in [3.05, 3.63) is 23.8 Å². The van der Waals surface area contributed by atoms with E-state index in [0.717, 1.165) is 22.9 Å². The van der Waals surface area contributed by atoms with Gasteiger partial charge < -0.3 is 10.8 Å². The van der Waals surface area contributed by atoms with Crippen molar-refractivity contribution >= 4 is 15.7 Å². The minimum absolute atomic E-state index is 0.150. The molecule has 1 aromatic carbocycles. The van der Waals surface area contributed by atoms with Crippen molar-refractivity contribution in [1.82, 2.24) is 4.31 Å². The maximum Gasteiger partial charge on any atom is 0.246 e. The van der Waals surface area contributed by atoms with E-state index in [-0.39, 0.29) is 24.9 Å². The summed E-state index contributed by atoms with van der Waals surface area (Å²) in [7, 11) is -4.22.